The molecule has 1 aliphatic rings. The average molecular weight is 249 g/mol. The number of hydrogen-bond acceptors (Lipinski definition) is 2. The maximum atomic E-state index is 4.40. The van der Waals surface area contributed by atoms with E-state index in [1.807, 2.05) is 12.4 Å². The number of aromatic nitrogens is 2. The third-order valence-corrected chi connectivity index (χ3v) is 4.39. The van der Waals surface area contributed by atoms with Crippen molar-refractivity contribution in [3.8, 4) is 0 Å². The van der Waals surface area contributed by atoms with Crippen LogP contribution in [0, 0.1) is 5.92 Å². The molecule has 1 unspecified atom stereocenters. The molecule has 1 saturated carbocycles. The Labute approximate surface area is 111 Å². The topological polar surface area (TPSA) is 29.9 Å². The molecule has 0 aliphatic heterocycles. The van der Waals surface area contributed by atoms with Gasteiger partial charge in [0.2, 0.25) is 0 Å². The fourth-order valence-corrected chi connectivity index (χ4v) is 3.15. The maximum Gasteiger partial charge on any atom is 0.108 e. The first kappa shape index (κ1) is 13.6. The molecule has 0 radical (unpaired) electrons. The second kappa shape index (κ2) is 6.93. The van der Waals surface area contributed by atoms with Gasteiger partial charge in [-0.3, -0.25) is 0 Å². The van der Waals surface area contributed by atoms with Crippen molar-refractivity contribution in [2.45, 2.75) is 57.4 Å². The molecule has 3 heteroatoms. The Balaban J connectivity index is 1.76. The van der Waals surface area contributed by atoms with Gasteiger partial charge in [0.15, 0.2) is 0 Å². The Morgan fingerprint density at radius 3 is 2.78 bits per heavy atom. The minimum absolute atomic E-state index is 0.657. The van der Waals surface area contributed by atoms with Crippen molar-refractivity contribution in [2.75, 3.05) is 7.05 Å². The number of nitrogens with zero attached hydrogens (tertiary/aromatic N) is 2. The van der Waals surface area contributed by atoms with Gasteiger partial charge in [0.25, 0.3) is 0 Å². The molecule has 0 bridgehead atoms. The number of aryl methyl sites for hydroxylation is 2. The van der Waals surface area contributed by atoms with Gasteiger partial charge in [-0.1, -0.05) is 32.1 Å². The lowest BCUT2D eigenvalue weighted by atomic mass is 9.84. The van der Waals surface area contributed by atoms with Gasteiger partial charge in [-0.15, -0.1) is 0 Å². The molecule has 1 fully saturated rings. The lowest BCUT2D eigenvalue weighted by Gasteiger charge is -2.26. The Hall–Kier alpha value is -0.830. The van der Waals surface area contributed by atoms with E-state index < -0.39 is 0 Å². The number of rotatable bonds is 6. The first-order valence-corrected chi connectivity index (χ1v) is 7.43. The zero-order chi connectivity index (χ0) is 12.8. The Morgan fingerprint density at radius 2 is 2.17 bits per heavy atom. The van der Waals surface area contributed by atoms with Gasteiger partial charge in [-0.2, -0.15) is 0 Å². The molecule has 1 aromatic heterocycles. The number of imidazole rings is 1. The van der Waals surface area contributed by atoms with Crippen molar-refractivity contribution in [1.29, 1.82) is 0 Å². The van der Waals surface area contributed by atoms with E-state index in [4.69, 9.17) is 0 Å². The highest BCUT2D eigenvalue weighted by Crippen LogP contribution is 2.28. The summed E-state index contributed by atoms with van der Waals surface area (Å²) in [6.07, 6.45) is 14.8. The summed E-state index contributed by atoms with van der Waals surface area (Å²) in [7, 11) is 4.18. The van der Waals surface area contributed by atoms with Crippen LogP contribution in [0.5, 0.6) is 0 Å². The van der Waals surface area contributed by atoms with Crippen molar-refractivity contribution >= 4 is 0 Å². The normalized spacial score (nSPS) is 19.0. The third kappa shape index (κ3) is 3.84. The standard InChI is InChI=1S/C15H27N3/c1-16-14(12-13-6-4-3-5-7-13)8-9-15-17-10-11-18(15)2/h10-11,13-14,16H,3-9,12H2,1-2H3. The Morgan fingerprint density at radius 1 is 1.39 bits per heavy atom. The Kier molecular flexibility index (Phi) is 5.24. The van der Waals surface area contributed by atoms with Crippen LogP contribution in [-0.2, 0) is 13.5 Å². The van der Waals surface area contributed by atoms with E-state index in [2.05, 4.69) is 29.0 Å². The summed E-state index contributed by atoms with van der Waals surface area (Å²) < 4.78 is 2.13. The van der Waals surface area contributed by atoms with Crippen molar-refractivity contribution in [3.05, 3.63) is 18.2 Å². The zero-order valence-corrected chi connectivity index (χ0v) is 11.9. The van der Waals surface area contributed by atoms with Crippen LogP contribution in [0.2, 0.25) is 0 Å². The lowest BCUT2D eigenvalue weighted by Crippen LogP contribution is -2.29. The minimum Gasteiger partial charge on any atom is -0.338 e. The van der Waals surface area contributed by atoms with Gasteiger partial charge in [-0.25, -0.2) is 4.98 Å². The van der Waals surface area contributed by atoms with Crippen LogP contribution in [-0.4, -0.2) is 22.6 Å². The summed E-state index contributed by atoms with van der Waals surface area (Å²) >= 11 is 0. The second-order valence-corrected chi connectivity index (χ2v) is 5.72. The fourth-order valence-electron chi connectivity index (χ4n) is 3.15. The summed E-state index contributed by atoms with van der Waals surface area (Å²) in [6.45, 7) is 0. The summed E-state index contributed by atoms with van der Waals surface area (Å²) in [5.41, 5.74) is 0. The molecular formula is C15H27N3. The highest BCUT2D eigenvalue weighted by Gasteiger charge is 2.18. The molecule has 0 saturated heterocycles. The molecule has 2 rings (SSSR count). The minimum atomic E-state index is 0.657. The maximum absolute atomic E-state index is 4.40. The molecule has 1 aliphatic carbocycles. The predicted octanol–water partition coefficient (Wildman–Crippen LogP) is 2.91. The molecule has 3 nitrogen and oxygen atoms in total. The molecule has 102 valence electrons. The van der Waals surface area contributed by atoms with Crippen LogP contribution in [0.15, 0.2) is 12.4 Å². The van der Waals surface area contributed by atoms with Crippen LogP contribution >= 0.6 is 0 Å². The van der Waals surface area contributed by atoms with E-state index in [9.17, 15) is 0 Å². The van der Waals surface area contributed by atoms with E-state index in [0.29, 0.717) is 6.04 Å². The SMILES string of the molecule is CNC(CCc1nccn1C)CC1CCCCC1. The first-order chi connectivity index (χ1) is 8.79. The summed E-state index contributed by atoms with van der Waals surface area (Å²) in [4.78, 5) is 4.40. The van der Waals surface area contributed by atoms with Gasteiger partial charge in [-0.05, 0) is 25.8 Å². The molecule has 0 spiro atoms. The van der Waals surface area contributed by atoms with E-state index in [-0.39, 0.29) is 0 Å². The van der Waals surface area contributed by atoms with Crippen LogP contribution < -0.4 is 5.32 Å². The van der Waals surface area contributed by atoms with Crippen molar-refractivity contribution in [1.82, 2.24) is 14.9 Å². The summed E-state index contributed by atoms with van der Waals surface area (Å²) in [5.74, 6) is 2.16. The Bertz CT molecular complexity index is 339. The largest absolute Gasteiger partial charge is 0.338 e. The van der Waals surface area contributed by atoms with E-state index in [1.165, 1.54) is 50.8 Å². The lowest BCUT2D eigenvalue weighted by molar-refractivity contribution is 0.296. The van der Waals surface area contributed by atoms with E-state index >= 15 is 0 Å². The predicted molar refractivity (Wildman–Crippen MR) is 75.6 cm³/mol. The van der Waals surface area contributed by atoms with E-state index in [1.54, 1.807) is 0 Å². The zero-order valence-electron chi connectivity index (χ0n) is 11.9. The van der Waals surface area contributed by atoms with Gasteiger partial charge in [0.05, 0.1) is 0 Å². The highest BCUT2D eigenvalue weighted by molar-refractivity contribution is 4.92. The molecule has 0 aromatic carbocycles. The third-order valence-electron chi connectivity index (χ3n) is 4.39. The molecule has 1 atom stereocenters. The molecule has 1 heterocycles. The highest BCUT2D eigenvalue weighted by atomic mass is 15.0. The fraction of sp³-hybridized carbons (Fsp3) is 0.800. The van der Waals surface area contributed by atoms with Gasteiger partial charge < -0.3 is 9.88 Å². The first-order valence-electron chi connectivity index (χ1n) is 7.43. The van der Waals surface area contributed by atoms with Crippen molar-refractivity contribution < 1.29 is 0 Å². The molecule has 0 amide bonds. The van der Waals surface area contributed by atoms with Gasteiger partial charge in [0, 0.05) is 31.9 Å². The molecule has 1 aromatic rings. The molecule has 1 N–H and O–H groups in total. The summed E-state index contributed by atoms with van der Waals surface area (Å²) in [6, 6.07) is 0.657. The smallest absolute Gasteiger partial charge is 0.108 e. The van der Waals surface area contributed by atoms with Crippen molar-refractivity contribution in [2.24, 2.45) is 13.0 Å². The van der Waals surface area contributed by atoms with E-state index in [0.717, 1.165) is 12.3 Å². The second-order valence-electron chi connectivity index (χ2n) is 5.72. The molecular weight excluding hydrogens is 222 g/mol. The van der Waals surface area contributed by atoms with Gasteiger partial charge in [0.1, 0.15) is 5.82 Å². The van der Waals surface area contributed by atoms with Crippen LogP contribution in [0.1, 0.15) is 50.8 Å². The average Bonchev–Trinajstić information content (AvgIpc) is 2.81. The van der Waals surface area contributed by atoms with Gasteiger partial charge >= 0.3 is 0 Å². The van der Waals surface area contributed by atoms with Crippen LogP contribution in [0.25, 0.3) is 0 Å². The quantitative estimate of drug-likeness (QED) is 0.840. The van der Waals surface area contributed by atoms with Crippen molar-refractivity contribution in [3.63, 3.8) is 0 Å². The number of nitrogens with one attached hydrogen (secondary N) is 1. The number of hydrogen-bond donors (Lipinski definition) is 1. The molecule has 18 heavy (non-hydrogen) atoms. The van der Waals surface area contributed by atoms with Crippen LogP contribution in [0.3, 0.4) is 0 Å². The monoisotopic (exact) mass is 249 g/mol. The van der Waals surface area contributed by atoms with Crippen LogP contribution in [0.4, 0.5) is 0 Å². The summed E-state index contributed by atoms with van der Waals surface area (Å²) in [5, 5.41) is 3.49.